The number of guanidine groups is 1. The molecule has 14 heteroatoms. The van der Waals surface area contributed by atoms with Gasteiger partial charge < -0.3 is 32.0 Å². The molecular formula is C41H61N11O3. The standard InChI is InChI=1S/C41H61N11O3/c1-30(2)20-23-54-37-18-16-32(17-19-37)33-12-8-14-38(25-33)55-29-36-27-51(49-48-36)26-34(13-6-7-21-42)46-40(53)39(15-9-22-45-41(43)44)52-28-35(47-50-52)24-31-10-4-3-5-11-31/h8,12,14,16-19,25,27-28,30-31,34,39H,3-7,9-11,13,15,20-24,26,29,42H2,1-2H3,(H,46,53)(H4,43,44,45)/t34-,39-/m1/s1. The van der Waals surface area contributed by atoms with Crippen LogP contribution in [0, 0.1) is 11.8 Å². The normalized spacial score (nSPS) is 14.4. The van der Waals surface area contributed by atoms with Crippen LogP contribution in [0.5, 0.6) is 11.5 Å². The number of rotatable bonds is 23. The van der Waals surface area contributed by atoms with Gasteiger partial charge >= 0.3 is 0 Å². The zero-order valence-corrected chi connectivity index (χ0v) is 32.7. The van der Waals surface area contributed by atoms with Crippen molar-refractivity contribution < 1.29 is 14.3 Å². The zero-order valence-electron chi connectivity index (χ0n) is 32.7. The number of amides is 1. The van der Waals surface area contributed by atoms with Crippen LogP contribution in [0.15, 0.2) is 65.9 Å². The van der Waals surface area contributed by atoms with Crippen LogP contribution in [0.4, 0.5) is 0 Å². The molecule has 1 aliphatic carbocycles. The van der Waals surface area contributed by atoms with Gasteiger partial charge in [0, 0.05) is 18.8 Å². The molecule has 0 bridgehead atoms. The maximum absolute atomic E-state index is 14.0. The SMILES string of the molecule is CC(C)CCOc1ccc(-c2cccc(OCc3cn(C[C@@H](CCCCN)NC(=O)[C@@H](CCCN=C(N)N)n4cc(CC5CCCCC5)nn4)nn3)c2)cc1. The number of nitrogens with two attached hydrogens (primary N) is 3. The van der Waals surface area contributed by atoms with Gasteiger partial charge in [-0.05, 0) is 92.3 Å². The Labute approximate surface area is 325 Å². The highest BCUT2D eigenvalue weighted by atomic mass is 16.5. The van der Waals surface area contributed by atoms with E-state index in [-0.39, 0.29) is 24.5 Å². The first-order valence-corrected chi connectivity index (χ1v) is 20.1. The first-order chi connectivity index (χ1) is 26.7. The number of aliphatic imine (C=N–C) groups is 1. The van der Waals surface area contributed by atoms with Crippen LogP contribution in [0.25, 0.3) is 11.1 Å². The average Bonchev–Trinajstić information content (AvgIpc) is 3.84. The van der Waals surface area contributed by atoms with Crippen LogP contribution < -0.4 is 32.0 Å². The Morgan fingerprint density at radius 3 is 2.45 bits per heavy atom. The second-order valence-electron chi connectivity index (χ2n) is 15.2. The van der Waals surface area contributed by atoms with Crippen molar-refractivity contribution in [2.24, 2.45) is 34.0 Å². The van der Waals surface area contributed by atoms with Gasteiger partial charge in [-0.15, -0.1) is 10.2 Å². The minimum atomic E-state index is -0.560. The lowest BCUT2D eigenvalue weighted by Crippen LogP contribution is -2.42. The van der Waals surface area contributed by atoms with E-state index in [1.807, 2.05) is 42.7 Å². The van der Waals surface area contributed by atoms with Crippen molar-refractivity contribution in [1.29, 1.82) is 0 Å². The van der Waals surface area contributed by atoms with Gasteiger partial charge in [0.15, 0.2) is 5.96 Å². The summed E-state index contributed by atoms with van der Waals surface area (Å²) in [4.78, 5) is 18.1. The molecule has 5 rings (SSSR count). The van der Waals surface area contributed by atoms with E-state index in [9.17, 15) is 4.79 Å². The van der Waals surface area contributed by atoms with Gasteiger partial charge in [-0.25, -0.2) is 4.68 Å². The van der Waals surface area contributed by atoms with Gasteiger partial charge in [-0.2, -0.15) is 0 Å². The number of unbranched alkanes of at least 4 members (excludes halogenated alkanes) is 1. The van der Waals surface area contributed by atoms with Crippen LogP contribution in [0.2, 0.25) is 0 Å². The van der Waals surface area contributed by atoms with Crippen molar-refractivity contribution in [1.82, 2.24) is 35.3 Å². The van der Waals surface area contributed by atoms with Crippen molar-refractivity contribution in [3.63, 3.8) is 0 Å². The summed E-state index contributed by atoms with van der Waals surface area (Å²) in [5.41, 5.74) is 20.7. The Hall–Kier alpha value is -4.98. The molecule has 0 aliphatic heterocycles. The summed E-state index contributed by atoms with van der Waals surface area (Å²) in [6.45, 7) is 6.80. The number of benzene rings is 2. The van der Waals surface area contributed by atoms with Gasteiger partial charge in [0.25, 0.3) is 0 Å². The van der Waals surface area contributed by atoms with E-state index >= 15 is 0 Å². The van der Waals surface area contributed by atoms with Gasteiger partial charge in [0.05, 0.1) is 25.0 Å². The van der Waals surface area contributed by atoms with Crippen LogP contribution in [-0.4, -0.2) is 67.6 Å². The fourth-order valence-corrected chi connectivity index (χ4v) is 6.96. The minimum absolute atomic E-state index is 0.0342. The molecule has 2 aromatic carbocycles. The van der Waals surface area contributed by atoms with Crippen molar-refractivity contribution in [3.05, 3.63) is 72.3 Å². The van der Waals surface area contributed by atoms with Crippen molar-refractivity contribution in [2.75, 3.05) is 19.7 Å². The monoisotopic (exact) mass is 755 g/mol. The van der Waals surface area contributed by atoms with Gasteiger partial charge in [0.1, 0.15) is 29.8 Å². The molecule has 1 aliphatic rings. The van der Waals surface area contributed by atoms with Crippen molar-refractivity contribution in [2.45, 2.75) is 116 Å². The van der Waals surface area contributed by atoms with Crippen LogP contribution in [0.1, 0.15) is 102 Å². The molecule has 0 saturated heterocycles. The quantitative estimate of drug-likeness (QED) is 0.0422. The lowest BCUT2D eigenvalue weighted by molar-refractivity contribution is -0.125. The first kappa shape index (κ1) is 41.2. The lowest BCUT2D eigenvalue weighted by atomic mass is 9.86. The number of ether oxygens (including phenoxy) is 2. The Morgan fingerprint density at radius 2 is 1.69 bits per heavy atom. The Morgan fingerprint density at radius 1 is 0.891 bits per heavy atom. The molecule has 55 heavy (non-hydrogen) atoms. The largest absolute Gasteiger partial charge is 0.494 e. The second kappa shape index (κ2) is 21.8. The Kier molecular flexibility index (Phi) is 16.3. The summed E-state index contributed by atoms with van der Waals surface area (Å²) in [6, 6.07) is 15.4. The molecule has 4 aromatic rings. The first-order valence-electron chi connectivity index (χ1n) is 20.1. The highest BCUT2D eigenvalue weighted by molar-refractivity contribution is 5.80. The van der Waals surface area contributed by atoms with Crippen LogP contribution in [0.3, 0.4) is 0 Å². The summed E-state index contributed by atoms with van der Waals surface area (Å²) >= 11 is 0. The van der Waals surface area contributed by atoms with Crippen LogP contribution >= 0.6 is 0 Å². The molecule has 2 heterocycles. The Balaban J connectivity index is 1.19. The number of hydrogen-bond donors (Lipinski definition) is 4. The summed E-state index contributed by atoms with van der Waals surface area (Å²) in [5.74, 6) is 2.73. The zero-order chi connectivity index (χ0) is 38.8. The molecule has 7 N–H and O–H groups in total. The van der Waals surface area contributed by atoms with Crippen LogP contribution in [-0.2, 0) is 24.4 Å². The molecule has 0 unspecified atom stereocenters. The molecule has 2 atom stereocenters. The summed E-state index contributed by atoms with van der Waals surface area (Å²) < 4.78 is 15.5. The van der Waals surface area contributed by atoms with Gasteiger partial charge in [0.2, 0.25) is 5.91 Å². The molecule has 1 amide bonds. The Bertz CT molecular complexity index is 1740. The molecule has 14 nitrogen and oxygen atoms in total. The third-order valence-corrected chi connectivity index (χ3v) is 10.1. The fraction of sp³-hybridized carbons (Fsp3) is 0.561. The van der Waals surface area contributed by atoms with E-state index in [4.69, 9.17) is 26.7 Å². The van der Waals surface area contributed by atoms with E-state index < -0.39 is 6.04 Å². The predicted octanol–water partition coefficient (Wildman–Crippen LogP) is 5.57. The summed E-state index contributed by atoms with van der Waals surface area (Å²) in [5, 5.41) is 20.9. The number of carbonyl (C=O) groups excluding carboxylic acids is 1. The van der Waals surface area contributed by atoms with E-state index in [2.05, 4.69) is 63.0 Å². The highest BCUT2D eigenvalue weighted by Crippen LogP contribution is 2.28. The summed E-state index contributed by atoms with van der Waals surface area (Å²) in [6.07, 6.45) is 15.5. The molecule has 1 fully saturated rings. The lowest BCUT2D eigenvalue weighted by Gasteiger charge is -2.23. The third kappa shape index (κ3) is 14.0. The highest BCUT2D eigenvalue weighted by Gasteiger charge is 2.26. The van der Waals surface area contributed by atoms with E-state index in [1.165, 1.54) is 32.1 Å². The number of aromatic nitrogens is 6. The molecule has 298 valence electrons. The topological polar surface area (TPSA) is 199 Å². The van der Waals surface area contributed by atoms with E-state index in [1.54, 1.807) is 9.36 Å². The summed E-state index contributed by atoms with van der Waals surface area (Å²) in [7, 11) is 0. The molecule has 0 radical (unpaired) electrons. The smallest absolute Gasteiger partial charge is 0.245 e. The van der Waals surface area contributed by atoms with Crippen molar-refractivity contribution >= 4 is 11.9 Å². The average molecular weight is 756 g/mol. The molecule has 2 aromatic heterocycles. The maximum Gasteiger partial charge on any atom is 0.245 e. The minimum Gasteiger partial charge on any atom is -0.494 e. The van der Waals surface area contributed by atoms with E-state index in [0.29, 0.717) is 56.6 Å². The van der Waals surface area contributed by atoms with Gasteiger partial charge in [-0.1, -0.05) is 87.1 Å². The number of nitrogens with zero attached hydrogens (tertiary/aromatic N) is 7. The second-order valence-corrected chi connectivity index (χ2v) is 15.2. The third-order valence-electron chi connectivity index (χ3n) is 10.1. The number of nitrogens with one attached hydrogen (secondary N) is 1. The van der Waals surface area contributed by atoms with Crippen molar-refractivity contribution in [3.8, 4) is 22.6 Å². The van der Waals surface area contributed by atoms with Gasteiger partial charge in [-0.3, -0.25) is 14.5 Å². The number of hydrogen-bond acceptors (Lipinski definition) is 9. The fourth-order valence-electron chi connectivity index (χ4n) is 6.96. The number of carbonyl (C=O) groups is 1. The molecule has 0 spiro atoms. The predicted molar refractivity (Wildman–Crippen MR) is 215 cm³/mol. The maximum atomic E-state index is 14.0. The molecule has 1 saturated carbocycles. The molecular weight excluding hydrogens is 695 g/mol. The van der Waals surface area contributed by atoms with E-state index in [0.717, 1.165) is 60.4 Å².